The third-order valence-electron chi connectivity index (χ3n) is 3.72. The first-order valence-electron chi connectivity index (χ1n) is 7.52. The lowest BCUT2D eigenvalue weighted by atomic mass is 10.0. The quantitative estimate of drug-likeness (QED) is 0.592. The van der Waals surface area contributed by atoms with Crippen molar-refractivity contribution in [2.75, 3.05) is 7.11 Å². The molecule has 0 unspecified atom stereocenters. The Morgan fingerprint density at radius 2 is 1.79 bits per heavy atom. The van der Waals surface area contributed by atoms with Gasteiger partial charge in [-0.05, 0) is 36.6 Å². The van der Waals surface area contributed by atoms with E-state index >= 15 is 0 Å². The van der Waals surface area contributed by atoms with Crippen LogP contribution < -0.4 is 10.2 Å². The minimum atomic E-state index is -0.340. The topological polar surface area (TPSA) is 63.6 Å². The van der Waals surface area contributed by atoms with E-state index in [1.165, 1.54) is 0 Å². The largest absolute Gasteiger partial charge is 0.496 e. The summed E-state index contributed by atoms with van der Waals surface area (Å²) in [6, 6.07) is 16.9. The number of aromatic nitrogens is 1. The van der Waals surface area contributed by atoms with Crippen LogP contribution in [0.5, 0.6) is 5.75 Å². The van der Waals surface area contributed by atoms with E-state index in [4.69, 9.17) is 4.74 Å². The molecule has 120 valence electrons. The highest BCUT2D eigenvalue weighted by atomic mass is 16.5. The van der Waals surface area contributed by atoms with Gasteiger partial charge in [-0.3, -0.25) is 9.78 Å². The van der Waals surface area contributed by atoms with E-state index in [0.29, 0.717) is 11.4 Å². The minimum absolute atomic E-state index is 0.327. The number of rotatable bonds is 4. The highest BCUT2D eigenvalue weighted by Crippen LogP contribution is 2.28. The van der Waals surface area contributed by atoms with Gasteiger partial charge in [0.2, 0.25) is 0 Å². The number of carbonyl (C=O) groups excluding carboxylic acids is 1. The van der Waals surface area contributed by atoms with E-state index in [0.717, 1.165) is 22.1 Å². The zero-order valence-electron chi connectivity index (χ0n) is 13.5. The Kier molecular flexibility index (Phi) is 4.52. The monoisotopic (exact) mass is 319 g/mol. The summed E-state index contributed by atoms with van der Waals surface area (Å²) in [7, 11) is 1.65. The van der Waals surface area contributed by atoms with Crippen molar-refractivity contribution in [2.24, 2.45) is 5.10 Å². The van der Waals surface area contributed by atoms with Crippen LogP contribution in [0.1, 0.15) is 23.0 Å². The normalized spacial score (nSPS) is 11.3. The fraction of sp³-hybridized carbons (Fsp3) is 0.105. The second-order valence-corrected chi connectivity index (χ2v) is 5.21. The number of methoxy groups -OCH3 is 1. The van der Waals surface area contributed by atoms with E-state index in [2.05, 4.69) is 15.5 Å². The van der Waals surface area contributed by atoms with Gasteiger partial charge in [0, 0.05) is 17.1 Å². The molecular weight excluding hydrogens is 302 g/mol. The summed E-state index contributed by atoms with van der Waals surface area (Å²) < 4.78 is 5.40. The molecule has 3 rings (SSSR count). The van der Waals surface area contributed by atoms with Gasteiger partial charge in [-0.15, -0.1) is 0 Å². The number of hydrogen-bond acceptors (Lipinski definition) is 4. The van der Waals surface area contributed by atoms with Crippen molar-refractivity contribution in [3.8, 4) is 5.75 Å². The van der Waals surface area contributed by atoms with Gasteiger partial charge in [0.05, 0.1) is 12.8 Å². The Morgan fingerprint density at radius 3 is 2.50 bits per heavy atom. The fourth-order valence-electron chi connectivity index (χ4n) is 2.51. The maximum absolute atomic E-state index is 12.0. The summed E-state index contributed by atoms with van der Waals surface area (Å²) in [5.74, 6) is 0.465. The predicted molar refractivity (Wildman–Crippen MR) is 94.4 cm³/mol. The van der Waals surface area contributed by atoms with Crippen LogP contribution >= 0.6 is 0 Å². The molecular formula is C19H17N3O2. The van der Waals surface area contributed by atoms with Crippen molar-refractivity contribution in [1.82, 2.24) is 10.4 Å². The summed E-state index contributed by atoms with van der Waals surface area (Å²) in [5, 5.41) is 6.23. The lowest BCUT2D eigenvalue weighted by Crippen LogP contribution is -2.20. The Morgan fingerprint density at radius 1 is 1.04 bits per heavy atom. The summed E-state index contributed by atoms with van der Waals surface area (Å²) in [4.78, 5) is 16.0. The molecule has 0 spiro atoms. The zero-order chi connectivity index (χ0) is 16.9. The van der Waals surface area contributed by atoms with Crippen LogP contribution in [-0.4, -0.2) is 23.7 Å². The van der Waals surface area contributed by atoms with Crippen molar-refractivity contribution in [1.29, 1.82) is 0 Å². The fourth-order valence-corrected chi connectivity index (χ4v) is 2.51. The Labute approximate surface area is 140 Å². The van der Waals surface area contributed by atoms with Crippen LogP contribution in [0.2, 0.25) is 0 Å². The molecule has 1 heterocycles. The van der Waals surface area contributed by atoms with Crippen molar-refractivity contribution in [3.63, 3.8) is 0 Å². The average Bonchev–Trinajstić information content (AvgIpc) is 2.65. The third kappa shape index (κ3) is 3.10. The molecule has 0 fully saturated rings. The summed E-state index contributed by atoms with van der Waals surface area (Å²) in [5.41, 5.74) is 4.52. The van der Waals surface area contributed by atoms with Crippen molar-refractivity contribution < 1.29 is 9.53 Å². The van der Waals surface area contributed by atoms with Crippen LogP contribution in [-0.2, 0) is 0 Å². The number of nitrogens with zero attached hydrogens (tertiary/aromatic N) is 2. The van der Waals surface area contributed by atoms with Gasteiger partial charge in [0.25, 0.3) is 5.91 Å². The van der Waals surface area contributed by atoms with Crippen LogP contribution in [0.25, 0.3) is 10.8 Å². The first-order valence-corrected chi connectivity index (χ1v) is 7.52. The molecule has 1 amide bonds. The second-order valence-electron chi connectivity index (χ2n) is 5.21. The highest BCUT2D eigenvalue weighted by Gasteiger charge is 2.09. The van der Waals surface area contributed by atoms with Crippen molar-refractivity contribution >= 4 is 22.4 Å². The van der Waals surface area contributed by atoms with E-state index in [1.54, 1.807) is 31.5 Å². The van der Waals surface area contributed by atoms with Gasteiger partial charge in [-0.1, -0.05) is 30.3 Å². The van der Waals surface area contributed by atoms with Gasteiger partial charge in [-0.2, -0.15) is 5.10 Å². The van der Waals surface area contributed by atoms with E-state index in [1.807, 2.05) is 43.3 Å². The van der Waals surface area contributed by atoms with Crippen LogP contribution in [0.4, 0.5) is 0 Å². The first kappa shape index (κ1) is 15.7. The summed E-state index contributed by atoms with van der Waals surface area (Å²) >= 11 is 0. The number of hydrazone groups is 1. The number of pyridine rings is 1. The molecule has 5 heteroatoms. The van der Waals surface area contributed by atoms with Gasteiger partial charge in [-0.25, -0.2) is 5.43 Å². The standard InChI is InChI=1S/C19H17N3O2/c1-13(21-22-19(23)17-9-5-6-12-20-17)14-10-11-18(24-2)16-8-4-3-7-15(14)16/h3-12H,1-2H3,(H,22,23)/b21-13-. The number of benzene rings is 2. The summed E-state index contributed by atoms with van der Waals surface area (Å²) in [6.45, 7) is 1.85. The lowest BCUT2D eigenvalue weighted by molar-refractivity contribution is 0.0950. The Hall–Kier alpha value is -3.21. The third-order valence-corrected chi connectivity index (χ3v) is 3.72. The van der Waals surface area contributed by atoms with E-state index < -0.39 is 0 Å². The van der Waals surface area contributed by atoms with E-state index in [-0.39, 0.29) is 5.91 Å². The lowest BCUT2D eigenvalue weighted by Gasteiger charge is -2.10. The number of nitrogens with one attached hydrogen (secondary N) is 1. The van der Waals surface area contributed by atoms with Crippen LogP contribution in [0, 0.1) is 0 Å². The average molecular weight is 319 g/mol. The molecule has 24 heavy (non-hydrogen) atoms. The molecule has 1 N–H and O–H groups in total. The maximum Gasteiger partial charge on any atom is 0.289 e. The molecule has 0 saturated heterocycles. The van der Waals surface area contributed by atoms with Crippen LogP contribution in [0.3, 0.4) is 0 Å². The molecule has 0 atom stereocenters. The zero-order valence-corrected chi connectivity index (χ0v) is 13.5. The second kappa shape index (κ2) is 6.91. The molecule has 0 radical (unpaired) electrons. The molecule has 3 aromatic rings. The Balaban J connectivity index is 1.91. The number of ether oxygens (including phenoxy) is 1. The number of hydrogen-bond donors (Lipinski definition) is 1. The van der Waals surface area contributed by atoms with Gasteiger partial charge in [0.15, 0.2) is 0 Å². The van der Waals surface area contributed by atoms with Gasteiger partial charge < -0.3 is 4.74 Å². The molecule has 0 aliphatic heterocycles. The molecule has 5 nitrogen and oxygen atoms in total. The first-order chi connectivity index (χ1) is 11.7. The molecule has 0 saturated carbocycles. The van der Waals surface area contributed by atoms with Crippen molar-refractivity contribution in [3.05, 3.63) is 72.1 Å². The van der Waals surface area contributed by atoms with Crippen LogP contribution in [0.15, 0.2) is 65.9 Å². The number of fused-ring (bicyclic) bond motifs is 1. The molecule has 0 bridgehead atoms. The minimum Gasteiger partial charge on any atom is -0.496 e. The number of amides is 1. The number of carbonyl (C=O) groups is 1. The van der Waals surface area contributed by atoms with Gasteiger partial charge in [0.1, 0.15) is 11.4 Å². The van der Waals surface area contributed by atoms with Crippen molar-refractivity contribution in [2.45, 2.75) is 6.92 Å². The van der Waals surface area contributed by atoms with Gasteiger partial charge >= 0.3 is 0 Å². The maximum atomic E-state index is 12.0. The highest BCUT2D eigenvalue weighted by molar-refractivity contribution is 6.11. The molecule has 0 aliphatic carbocycles. The summed E-state index contributed by atoms with van der Waals surface area (Å²) in [6.07, 6.45) is 1.57. The predicted octanol–water partition coefficient (Wildman–Crippen LogP) is 3.40. The smallest absolute Gasteiger partial charge is 0.289 e. The SMILES string of the molecule is COc1ccc(/C(C)=N\NC(=O)c2ccccn2)c2ccccc12. The molecule has 0 aliphatic rings. The Bertz CT molecular complexity index is 905. The van der Waals surface area contributed by atoms with E-state index in [9.17, 15) is 4.79 Å². The molecule has 2 aromatic carbocycles. The molecule has 1 aromatic heterocycles.